The zero-order chi connectivity index (χ0) is 12.3. The molecule has 0 aliphatic heterocycles. The molecule has 0 saturated heterocycles. The lowest BCUT2D eigenvalue weighted by molar-refractivity contribution is 1.10. The average molecular weight is 329 g/mol. The molecule has 3 N–H and O–H groups in total. The molecule has 2 heterocycles. The van der Waals surface area contributed by atoms with E-state index in [4.69, 9.17) is 18.0 Å². The van der Waals surface area contributed by atoms with E-state index in [1.807, 2.05) is 5.38 Å². The molecule has 4 nitrogen and oxygen atoms in total. The number of anilines is 1. The molecule has 0 saturated carbocycles. The summed E-state index contributed by atoms with van der Waals surface area (Å²) in [4.78, 5) is 9.75. The maximum Gasteiger partial charge on any atom is 0.144 e. The summed E-state index contributed by atoms with van der Waals surface area (Å²) in [7, 11) is 0. The molecule has 2 aromatic heterocycles. The number of hydrogen-bond donors (Lipinski definition) is 2. The van der Waals surface area contributed by atoms with Gasteiger partial charge in [-0.05, 0) is 22.0 Å². The Hall–Kier alpha value is -1.05. The van der Waals surface area contributed by atoms with Crippen molar-refractivity contribution < 1.29 is 0 Å². The lowest BCUT2D eigenvalue weighted by atomic mass is 10.4. The zero-order valence-electron chi connectivity index (χ0n) is 8.68. The van der Waals surface area contributed by atoms with Gasteiger partial charge in [0.05, 0.1) is 18.9 Å². The van der Waals surface area contributed by atoms with Crippen molar-refractivity contribution in [2.75, 3.05) is 5.32 Å². The third kappa shape index (κ3) is 3.45. The van der Waals surface area contributed by atoms with Crippen molar-refractivity contribution >= 4 is 50.3 Å². The molecule has 0 aliphatic carbocycles. The molecule has 0 aliphatic rings. The fourth-order valence-corrected chi connectivity index (χ4v) is 2.67. The Balaban J connectivity index is 1.97. The third-order valence-electron chi connectivity index (χ3n) is 1.97. The fraction of sp³-hybridized carbons (Fsp3) is 0.100. The summed E-state index contributed by atoms with van der Waals surface area (Å²) in [6.45, 7) is 0.720. The molecule has 0 bridgehead atoms. The first-order valence-corrected chi connectivity index (χ1v) is 6.82. The first-order valence-electron chi connectivity index (χ1n) is 4.74. The second-order valence-corrected chi connectivity index (χ2v) is 5.59. The minimum Gasteiger partial charge on any atom is -0.388 e. The minimum atomic E-state index is 0.256. The van der Waals surface area contributed by atoms with Crippen LogP contribution in [0.2, 0.25) is 0 Å². The van der Waals surface area contributed by atoms with E-state index < -0.39 is 0 Å². The van der Waals surface area contributed by atoms with Crippen molar-refractivity contribution in [1.82, 2.24) is 9.97 Å². The van der Waals surface area contributed by atoms with Crippen molar-refractivity contribution in [2.45, 2.75) is 6.54 Å². The summed E-state index contributed by atoms with van der Waals surface area (Å²) < 4.78 is 1.09. The Labute approximate surface area is 116 Å². The first kappa shape index (κ1) is 12.4. The number of rotatable bonds is 4. The van der Waals surface area contributed by atoms with Crippen LogP contribution in [0.3, 0.4) is 0 Å². The topological polar surface area (TPSA) is 63.8 Å². The molecule has 0 amide bonds. The summed E-state index contributed by atoms with van der Waals surface area (Å²) in [6.07, 6.45) is 3.19. The Morgan fingerprint density at radius 2 is 2.29 bits per heavy atom. The number of thiocarbonyl (C=S) groups is 1. The lowest BCUT2D eigenvalue weighted by Crippen LogP contribution is -2.12. The summed E-state index contributed by atoms with van der Waals surface area (Å²) in [5.41, 5.74) is 5.97. The first-order chi connectivity index (χ1) is 8.15. The molecule has 0 fully saturated rings. The van der Waals surface area contributed by atoms with Gasteiger partial charge in [0, 0.05) is 14.7 Å². The van der Waals surface area contributed by atoms with Gasteiger partial charge >= 0.3 is 0 Å². The van der Waals surface area contributed by atoms with Crippen LogP contribution in [0.15, 0.2) is 28.3 Å². The largest absolute Gasteiger partial charge is 0.388 e. The SMILES string of the molecule is NC(=S)c1cnc(NCc2cc(Br)cs2)cn1. The van der Waals surface area contributed by atoms with E-state index >= 15 is 0 Å². The van der Waals surface area contributed by atoms with E-state index in [-0.39, 0.29) is 4.99 Å². The quantitative estimate of drug-likeness (QED) is 0.844. The van der Waals surface area contributed by atoms with Gasteiger partial charge in [0.25, 0.3) is 0 Å². The van der Waals surface area contributed by atoms with Gasteiger partial charge in [0.2, 0.25) is 0 Å². The molecule has 0 unspecified atom stereocenters. The van der Waals surface area contributed by atoms with Crippen LogP contribution in [-0.4, -0.2) is 15.0 Å². The molecule has 0 aromatic carbocycles. The molecule has 7 heteroatoms. The predicted octanol–water partition coefficient (Wildman–Crippen LogP) is 2.55. The highest BCUT2D eigenvalue weighted by Crippen LogP contribution is 2.20. The zero-order valence-corrected chi connectivity index (χ0v) is 11.9. The molecule has 17 heavy (non-hydrogen) atoms. The number of thiophene rings is 1. The maximum absolute atomic E-state index is 5.44. The van der Waals surface area contributed by atoms with Crippen LogP contribution in [0, 0.1) is 0 Å². The number of aromatic nitrogens is 2. The second kappa shape index (κ2) is 5.52. The van der Waals surface area contributed by atoms with Gasteiger partial charge in [-0.3, -0.25) is 0 Å². The van der Waals surface area contributed by atoms with Crippen molar-refractivity contribution in [3.8, 4) is 0 Å². The summed E-state index contributed by atoms with van der Waals surface area (Å²) in [6, 6.07) is 2.06. The normalized spacial score (nSPS) is 10.2. The van der Waals surface area contributed by atoms with Crippen LogP contribution < -0.4 is 11.1 Å². The van der Waals surface area contributed by atoms with E-state index in [0.29, 0.717) is 11.5 Å². The van der Waals surface area contributed by atoms with Gasteiger partial charge in [-0.15, -0.1) is 11.3 Å². The summed E-state index contributed by atoms with van der Waals surface area (Å²) in [5.74, 6) is 0.703. The molecule has 0 atom stereocenters. The van der Waals surface area contributed by atoms with Gasteiger partial charge in [0.15, 0.2) is 0 Å². The van der Waals surface area contributed by atoms with Crippen molar-refractivity contribution in [1.29, 1.82) is 0 Å². The average Bonchev–Trinajstić information content (AvgIpc) is 2.73. The van der Waals surface area contributed by atoms with Crippen LogP contribution in [-0.2, 0) is 6.54 Å². The van der Waals surface area contributed by atoms with Gasteiger partial charge in [-0.25, -0.2) is 9.97 Å². The van der Waals surface area contributed by atoms with E-state index in [2.05, 4.69) is 37.3 Å². The number of nitrogens with two attached hydrogens (primary N) is 1. The maximum atomic E-state index is 5.44. The molecular weight excluding hydrogens is 320 g/mol. The van der Waals surface area contributed by atoms with Gasteiger partial charge in [0.1, 0.15) is 16.5 Å². The monoisotopic (exact) mass is 328 g/mol. The molecule has 2 aromatic rings. The number of nitrogens with one attached hydrogen (secondary N) is 1. The van der Waals surface area contributed by atoms with E-state index in [1.54, 1.807) is 23.7 Å². The van der Waals surface area contributed by atoms with Gasteiger partial charge in [-0.1, -0.05) is 12.2 Å². The van der Waals surface area contributed by atoms with Crippen LogP contribution in [0.1, 0.15) is 10.6 Å². The van der Waals surface area contributed by atoms with E-state index in [9.17, 15) is 0 Å². The molecule has 88 valence electrons. The van der Waals surface area contributed by atoms with Crippen LogP contribution in [0.5, 0.6) is 0 Å². The molecule has 2 rings (SSSR count). The van der Waals surface area contributed by atoms with Crippen LogP contribution in [0.25, 0.3) is 0 Å². The summed E-state index contributed by atoms with van der Waals surface area (Å²) in [5, 5.41) is 5.21. The van der Waals surface area contributed by atoms with Crippen molar-refractivity contribution in [3.05, 3.63) is 38.9 Å². The van der Waals surface area contributed by atoms with E-state index in [0.717, 1.165) is 11.0 Å². The van der Waals surface area contributed by atoms with Crippen molar-refractivity contribution in [2.24, 2.45) is 5.73 Å². The minimum absolute atomic E-state index is 0.256. The number of hydrogen-bond acceptors (Lipinski definition) is 5. The number of nitrogens with zero attached hydrogens (tertiary/aromatic N) is 2. The predicted molar refractivity (Wildman–Crippen MR) is 77.3 cm³/mol. The highest BCUT2D eigenvalue weighted by Gasteiger charge is 2.01. The van der Waals surface area contributed by atoms with Gasteiger partial charge in [-0.2, -0.15) is 0 Å². The smallest absolute Gasteiger partial charge is 0.144 e. The highest BCUT2D eigenvalue weighted by molar-refractivity contribution is 9.10. The van der Waals surface area contributed by atoms with E-state index in [1.165, 1.54) is 4.88 Å². The Bertz CT molecular complexity index is 523. The molecule has 0 radical (unpaired) electrons. The van der Waals surface area contributed by atoms with Gasteiger partial charge < -0.3 is 11.1 Å². The Morgan fingerprint density at radius 1 is 1.47 bits per heavy atom. The van der Waals surface area contributed by atoms with Crippen LogP contribution >= 0.6 is 39.5 Å². The van der Waals surface area contributed by atoms with Crippen LogP contribution in [0.4, 0.5) is 5.82 Å². The Kier molecular flexibility index (Phi) is 4.03. The summed E-state index contributed by atoms with van der Waals surface area (Å²) >= 11 is 9.89. The third-order valence-corrected chi connectivity index (χ3v) is 3.88. The lowest BCUT2D eigenvalue weighted by Gasteiger charge is -2.03. The second-order valence-electron chi connectivity index (χ2n) is 3.24. The standard InChI is InChI=1S/C10H9BrN4S2/c11-6-1-7(17-5-6)2-14-9-4-13-8(3-15-9)10(12)16/h1,3-5H,2H2,(H2,12,16)(H,14,15). The highest BCUT2D eigenvalue weighted by atomic mass is 79.9. The Morgan fingerprint density at radius 3 is 2.82 bits per heavy atom. The van der Waals surface area contributed by atoms with Crippen molar-refractivity contribution in [3.63, 3.8) is 0 Å². The number of halogens is 1. The molecule has 0 spiro atoms. The fourth-order valence-electron chi connectivity index (χ4n) is 1.17. The molecular formula is C10H9BrN4S2.